The number of carbonyl (C=O) groups excluding carboxylic acids is 1. The van der Waals surface area contributed by atoms with Gasteiger partial charge >= 0.3 is 0 Å². The summed E-state index contributed by atoms with van der Waals surface area (Å²) in [5, 5.41) is 15.8. The Morgan fingerprint density at radius 2 is 2.06 bits per heavy atom. The van der Waals surface area contributed by atoms with Crippen LogP contribution < -0.4 is 10.6 Å². The summed E-state index contributed by atoms with van der Waals surface area (Å²) >= 11 is 0. The smallest absolute Gasteiger partial charge is 0.228 e. The zero-order valence-electron chi connectivity index (χ0n) is 11.3. The molecule has 100 valence electrons. The minimum atomic E-state index is -0.443. The second-order valence-corrected chi connectivity index (χ2v) is 5.16. The van der Waals surface area contributed by atoms with Crippen molar-refractivity contribution in [1.82, 2.24) is 10.6 Å². The van der Waals surface area contributed by atoms with Crippen LogP contribution >= 0.6 is 0 Å². The molecule has 1 fully saturated rings. The molecule has 1 aliphatic rings. The molecule has 1 rings (SSSR count). The molecule has 0 aromatic heterocycles. The van der Waals surface area contributed by atoms with E-state index in [9.17, 15) is 9.90 Å². The van der Waals surface area contributed by atoms with Crippen LogP contribution in [0.2, 0.25) is 0 Å². The molecule has 0 bridgehead atoms. The second-order valence-electron chi connectivity index (χ2n) is 5.16. The van der Waals surface area contributed by atoms with Gasteiger partial charge in [-0.3, -0.25) is 4.79 Å². The average Bonchev–Trinajstić information content (AvgIpc) is 2.86. The number of nitrogens with one attached hydrogen (secondary N) is 2. The lowest BCUT2D eigenvalue weighted by Gasteiger charge is -2.35. The SMILES string of the molecule is CCC(CC)(CO)NC(=O)C1(CC)CCNC1. The molecule has 0 spiro atoms. The van der Waals surface area contributed by atoms with E-state index in [-0.39, 0.29) is 17.9 Å². The molecule has 1 heterocycles. The van der Waals surface area contributed by atoms with E-state index in [4.69, 9.17) is 0 Å². The highest BCUT2D eigenvalue weighted by Gasteiger charge is 2.42. The van der Waals surface area contributed by atoms with E-state index in [1.54, 1.807) is 0 Å². The summed E-state index contributed by atoms with van der Waals surface area (Å²) in [7, 11) is 0. The average molecular weight is 242 g/mol. The van der Waals surface area contributed by atoms with Crippen LogP contribution in [-0.4, -0.2) is 36.2 Å². The third kappa shape index (κ3) is 2.80. The number of hydrogen-bond donors (Lipinski definition) is 3. The Kier molecular flexibility index (Phi) is 4.95. The number of carbonyl (C=O) groups is 1. The fraction of sp³-hybridized carbons (Fsp3) is 0.923. The van der Waals surface area contributed by atoms with Crippen molar-refractivity contribution in [2.45, 2.75) is 52.0 Å². The maximum atomic E-state index is 12.4. The Labute approximate surface area is 104 Å². The van der Waals surface area contributed by atoms with Crippen LogP contribution in [0.4, 0.5) is 0 Å². The van der Waals surface area contributed by atoms with Gasteiger partial charge < -0.3 is 15.7 Å². The summed E-state index contributed by atoms with van der Waals surface area (Å²) in [6, 6.07) is 0. The van der Waals surface area contributed by atoms with Crippen molar-refractivity contribution in [3.63, 3.8) is 0 Å². The predicted molar refractivity (Wildman–Crippen MR) is 68.8 cm³/mol. The molecule has 1 aliphatic heterocycles. The molecule has 3 N–H and O–H groups in total. The summed E-state index contributed by atoms with van der Waals surface area (Å²) in [6.07, 6.45) is 3.27. The minimum absolute atomic E-state index is 0.0129. The van der Waals surface area contributed by atoms with E-state index >= 15 is 0 Å². The molecule has 0 aromatic rings. The number of aliphatic hydroxyl groups is 1. The molecule has 1 unspecified atom stereocenters. The molecule has 1 amide bonds. The van der Waals surface area contributed by atoms with Crippen LogP contribution in [0.5, 0.6) is 0 Å². The molecule has 4 heteroatoms. The van der Waals surface area contributed by atoms with Crippen molar-refractivity contribution in [3.05, 3.63) is 0 Å². The van der Waals surface area contributed by atoms with Gasteiger partial charge in [-0.05, 0) is 32.2 Å². The van der Waals surface area contributed by atoms with Crippen LogP contribution in [0, 0.1) is 5.41 Å². The molecule has 0 aromatic carbocycles. The number of aliphatic hydroxyl groups excluding tert-OH is 1. The van der Waals surface area contributed by atoms with E-state index < -0.39 is 5.54 Å². The Morgan fingerprint density at radius 1 is 1.41 bits per heavy atom. The van der Waals surface area contributed by atoms with Gasteiger partial charge in [0, 0.05) is 6.54 Å². The summed E-state index contributed by atoms with van der Waals surface area (Å²) in [5.41, 5.74) is -0.716. The lowest BCUT2D eigenvalue weighted by atomic mass is 9.81. The van der Waals surface area contributed by atoms with Gasteiger partial charge in [0.1, 0.15) is 0 Å². The quantitative estimate of drug-likeness (QED) is 0.652. The standard InChI is InChI=1S/C13H26N2O2/c1-4-12(7-8-14-9-12)11(17)15-13(5-2,6-3)10-16/h14,16H,4-10H2,1-3H3,(H,15,17). The van der Waals surface area contributed by atoms with E-state index in [2.05, 4.69) is 17.6 Å². The van der Waals surface area contributed by atoms with Crippen molar-refractivity contribution >= 4 is 5.91 Å². The van der Waals surface area contributed by atoms with Crippen molar-refractivity contribution in [2.24, 2.45) is 5.41 Å². The fourth-order valence-electron chi connectivity index (χ4n) is 2.46. The van der Waals surface area contributed by atoms with Crippen molar-refractivity contribution in [3.8, 4) is 0 Å². The van der Waals surface area contributed by atoms with Gasteiger partial charge in [0.25, 0.3) is 0 Å². The Morgan fingerprint density at radius 3 is 2.41 bits per heavy atom. The predicted octanol–water partition coefficient (Wildman–Crippen LogP) is 1.04. The van der Waals surface area contributed by atoms with Crippen LogP contribution in [0.25, 0.3) is 0 Å². The Hall–Kier alpha value is -0.610. The van der Waals surface area contributed by atoms with Crippen molar-refractivity contribution < 1.29 is 9.90 Å². The van der Waals surface area contributed by atoms with Gasteiger partial charge in [-0.2, -0.15) is 0 Å². The minimum Gasteiger partial charge on any atom is -0.394 e. The Bertz CT molecular complexity index is 248. The van der Waals surface area contributed by atoms with E-state index in [1.165, 1.54) is 0 Å². The lowest BCUT2D eigenvalue weighted by molar-refractivity contribution is -0.133. The molecule has 0 aliphatic carbocycles. The zero-order valence-corrected chi connectivity index (χ0v) is 11.3. The van der Waals surface area contributed by atoms with E-state index in [0.717, 1.165) is 38.8 Å². The first-order chi connectivity index (χ1) is 8.08. The van der Waals surface area contributed by atoms with Gasteiger partial charge in [0.2, 0.25) is 5.91 Å². The van der Waals surface area contributed by atoms with Gasteiger partial charge in [0.05, 0.1) is 17.6 Å². The first-order valence-corrected chi connectivity index (χ1v) is 6.72. The zero-order chi connectivity index (χ0) is 12.9. The maximum Gasteiger partial charge on any atom is 0.228 e. The first kappa shape index (κ1) is 14.5. The summed E-state index contributed by atoms with van der Waals surface area (Å²) < 4.78 is 0. The van der Waals surface area contributed by atoms with Crippen molar-refractivity contribution in [2.75, 3.05) is 19.7 Å². The Balaban J connectivity index is 2.75. The highest BCUT2D eigenvalue weighted by Crippen LogP contribution is 2.31. The molecule has 0 saturated carbocycles. The second kappa shape index (κ2) is 5.83. The molecule has 0 radical (unpaired) electrons. The normalized spacial score (nSPS) is 24.9. The topological polar surface area (TPSA) is 61.4 Å². The van der Waals surface area contributed by atoms with Crippen LogP contribution in [-0.2, 0) is 4.79 Å². The third-order valence-corrected chi connectivity index (χ3v) is 4.44. The highest BCUT2D eigenvalue weighted by molar-refractivity contribution is 5.84. The molecule has 1 atom stereocenters. The first-order valence-electron chi connectivity index (χ1n) is 6.72. The summed E-state index contributed by atoms with van der Waals surface area (Å²) in [5.74, 6) is 0.0998. The fourth-order valence-corrected chi connectivity index (χ4v) is 2.46. The van der Waals surface area contributed by atoms with Crippen LogP contribution in [0.3, 0.4) is 0 Å². The van der Waals surface area contributed by atoms with Crippen LogP contribution in [0.1, 0.15) is 46.5 Å². The number of rotatable bonds is 6. The summed E-state index contributed by atoms with van der Waals surface area (Å²) in [6.45, 7) is 7.75. The molecule has 4 nitrogen and oxygen atoms in total. The lowest BCUT2D eigenvalue weighted by Crippen LogP contribution is -2.55. The monoisotopic (exact) mass is 242 g/mol. The van der Waals surface area contributed by atoms with Gasteiger partial charge in [0.15, 0.2) is 0 Å². The molecular weight excluding hydrogens is 216 g/mol. The van der Waals surface area contributed by atoms with E-state index in [0.29, 0.717) is 0 Å². The largest absolute Gasteiger partial charge is 0.394 e. The molecular formula is C13H26N2O2. The third-order valence-electron chi connectivity index (χ3n) is 4.44. The summed E-state index contributed by atoms with van der Waals surface area (Å²) in [4.78, 5) is 12.4. The molecule has 17 heavy (non-hydrogen) atoms. The van der Waals surface area contributed by atoms with Crippen molar-refractivity contribution in [1.29, 1.82) is 0 Å². The highest BCUT2D eigenvalue weighted by atomic mass is 16.3. The molecule has 1 saturated heterocycles. The number of amides is 1. The van der Waals surface area contributed by atoms with Gasteiger partial charge in [-0.25, -0.2) is 0 Å². The van der Waals surface area contributed by atoms with Gasteiger partial charge in [-0.1, -0.05) is 20.8 Å². The van der Waals surface area contributed by atoms with Crippen LogP contribution in [0.15, 0.2) is 0 Å². The van der Waals surface area contributed by atoms with E-state index in [1.807, 2.05) is 13.8 Å². The van der Waals surface area contributed by atoms with Gasteiger partial charge in [-0.15, -0.1) is 0 Å². The maximum absolute atomic E-state index is 12.4. The number of hydrogen-bond acceptors (Lipinski definition) is 3.